The van der Waals surface area contributed by atoms with E-state index in [1.54, 1.807) is 0 Å². The van der Waals surface area contributed by atoms with Gasteiger partial charge in [-0.05, 0) is 25.2 Å². The molecule has 0 aliphatic heterocycles. The zero-order valence-corrected chi connectivity index (χ0v) is 11.2. The topological polar surface area (TPSA) is 66.5 Å². The molecule has 0 spiro atoms. The van der Waals surface area contributed by atoms with E-state index in [1.807, 2.05) is 19.1 Å². The summed E-state index contributed by atoms with van der Waals surface area (Å²) in [7, 11) is -2.19. The summed E-state index contributed by atoms with van der Waals surface area (Å²) in [5, 5.41) is 0. The Balaban J connectivity index is 2.46. The van der Waals surface area contributed by atoms with E-state index in [1.165, 1.54) is 7.05 Å². The Morgan fingerprint density at radius 1 is 1.53 bits per heavy atom. The minimum absolute atomic E-state index is 0.182. The molecular weight excluding hydrogens is 240 g/mol. The molecule has 0 aromatic rings. The van der Waals surface area contributed by atoms with Gasteiger partial charge in [0, 0.05) is 20.0 Å². The predicted octanol–water partition coefficient (Wildman–Crippen LogP) is 1.05. The molecule has 98 valence electrons. The molecule has 0 saturated carbocycles. The van der Waals surface area contributed by atoms with Gasteiger partial charge in [0.1, 0.15) is 0 Å². The summed E-state index contributed by atoms with van der Waals surface area (Å²) in [4.78, 5) is 11.6. The Morgan fingerprint density at radius 3 is 2.76 bits per heavy atom. The molecule has 0 aromatic heterocycles. The highest BCUT2D eigenvalue weighted by atomic mass is 32.2. The van der Waals surface area contributed by atoms with Crippen LogP contribution < -0.4 is 4.72 Å². The number of carbonyl (C=O) groups excluding carboxylic acids is 1. The van der Waals surface area contributed by atoms with Gasteiger partial charge in [-0.3, -0.25) is 4.79 Å². The number of carbonyl (C=O) groups is 1. The molecule has 0 fully saturated rings. The molecule has 1 aliphatic carbocycles. The highest BCUT2D eigenvalue weighted by Gasteiger charge is 2.21. The summed E-state index contributed by atoms with van der Waals surface area (Å²) >= 11 is 0. The van der Waals surface area contributed by atoms with Crippen LogP contribution in [0, 0.1) is 5.92 Å². The van der Waals surface area contributed by atoms with Crippen molar-refractivity contribution in [1.82, 2.24) is 9.03 Å². The number of rotatable bonds is 6. The van der Waals surface area contributed by atoms with E-state index in [2.05, 4.69) is 4.72 Å². The summed E-state index contributed by atoms with van der Waals surface area (Å²) in [6.45, 7) is 2.29. The van der Waals surface area contributed by atoms with E-state index < -0.39 is 16.1 Å². The van der Waals surface area contributed by atoms with Crippen molar-refractivity contribution in [3.63, 3.8) is 0 Å². The van der Waals surface area contributed by atoms with Gasteiger partial charge in [-0.2, -0.15) is 12.7 Å². The number of nitrogens with zero attached hydrogens (tertiary/aromatic N) is 1. The maximum atomic E-state index is 11.7. The molecule has 5 nitrogen and oxygen atoms in total. The van der Waals surface area contributed by atoms with Gasteiger partial charge in [-0.25, -0.2) is 4.72 Å². The zero-order chi connectivity index (χ0) is 12.9. The van der Waals surface area contributed by atoms with Gasteiger partial charge in [0.25, 0.3) is 0 Å². The van der Waals surface area contributed by atoms with Crippen LogP contribution in [-0.2, 0) is 15.0 Å². The molecule has 0 aromatic carbocycles. The number of amides is 1. The summed E-state index contributed by atoms with van der Waals surface area (Å²) in [6.07, 6.45) is 6.86. The van der Waals surface area contributed by atoms with Crippen molar-refractivity contribution in [2.24, 2.45) is 5.92 Å². The van der Waals surface area contributed by atoms with E-state index in [9.17, 15) is 13.2 Å². The molecule has 0 radical (unpaired) electrons. The van der Waals surface area contributed by atoms with E-state index in [4.69, 9.17) is 0 Å². The Labute approximate surface area is 103 Å². The van der Waals surface area contributed by atoms with Crippen molar-refractivity contribution in [1.29, 1.82) is 0 Å². The first-order valence-electron chi connectivity index (χ1n) is 5.89. The summed E-state index contributed by atoms with van der Waals surface area (Å²) in [6, 6.07) is 0. The smallest absolute Gasteiger partial charge is 0.274 e. The van der Waals surface area contributed by atoms with Crippen LogP contribution in [0.2, 0.25) is 0 Å². The van der Waals surface area contributed by atoms with Gasteiger partial charge >= 0.3 is 10.2 Å². The number of hydrogen-bond acceptors (Lipinski definition) is 3. The molecule has 1 amide bonds. The third-order valence-corrected chi connectivity index (χ3v) is 4.24. The van der Waals surface area contributed by atoms with Crippen LogP contribution in [0.15, 0.2) is 12.2 Å². The average Bonchev–Trinajstić information content (AvgIpc) is 2.69. The molecule has 1 N–H and O–H groups in total. The van der Waals surface area contributed by atoms with Crippen molar-refractivity contribution in [3.8, 4) is 0 Å². The zero-order valence-electron chi connectivity index (χ0n) is 10.3. The van der Waals surface area contributed by atoms with Crippen molar-refractivity contribution in [2.45, 2.75) is 32.6 Å². The maximum Gasteiger partial charge on any atom is 0.303 e. The molecule has 0 saturated heterocycles. The number of hydrogen-bond donors (Lipinski definition) is 1. The Kier molecular flexibility index (Phi) is 5.14. The van der Waals surface area contributed by atoms with Crippen LogP contribution in [0.1, 0.15) is 32.6 Å². The SMILES string of the molecule is CCCN(C)S(=O)(=O)NC(=O)C[C@@H]1C=CCC1. The Morgan fingerprint density at radius 2 is 2.24 bits per heavy atom. The molecule has 17 heavy (non-hydrogen) atoms. The minimum atomic E-state index is -3.65. The normalized spacial score (nSPS) is 19.8. The average molecular weight is 260 g/mol. The second-order valence-electron chi connectivity index (χ2n) is 4.32. The molecule has 1 rings (SSSR count). The van der Waals surface area contributed by atoms with Gasteiger partial charge in [0.15, 0.2) is 0 Å². The largest absolute Gasteiger partial charge is 0.303 e. The minimum Gasteiger partial charge on any atom is -0.274 e. The van der Waals surface area contributed by atoms with Gasteiger partial charge in [0.05, 0.1) is 0 Å². The molecule has 1 aliphatic rings. The van der Waals surface area contributed by atoms with Crippen LogP contribution in [0.4, 0.5) is 0 Å². The third kappa shape index (κ3) is 4.47. The predicted molar refractivity (Wildman–Crippen MR) is 66.5 cm³/mol. The third-order valence-electron chi connectivity index (χ3n) is 2.75. The van der Waals surface area contributed by atoms with Crippen molar-refractivity contribution >= 4 is 16.1 Å². The monoisotopic (exact) mass is 260 g/mol. The fourth-order valence-corrected chi connectivity index (χ4v) is 2.75. The molecule has 0 unspecified atom stereocenters. The van der Waals surface area contributed by atoms with Gasteiger partial charge in [-0.15, -0.1) is 0 Å². The molecule has 1 atom stereocenters. The van der Waals surface area contributed by atoms with E-state index in [0.29, 0.717) is 6.54 Å². The van der Waals surface area contributed by atoms with Crippen LogP contribution >= 0.6 is 0 Å². The lowest BCUT2D eigenvalue weighted by Crippen LogP contribution is -2.42. The van der Waals surface area contributed by atoms with Gasteiger partial charge in [0.2, 0.25) is 5.91 Å². The molecule has 0 bridgehead atoms. The van der Waals surface area contributed by atoms with Crippen LogP contribution in [0.3, 0.4) is 0 Å². The maximum absolute atomic E-state index is 11.7. The van der Waals surface area contributed by atoms with E-state index in [-0.39, 0.29) is 12.3 Å². The number of allylic oxidation sites excluding steroid dienone is 2. The van der Waals surface area contributed by atoms with Crippen LogP contribution in [0.5, 0.6) is 0 Å². The summed E-state index contributed by atoms with van der Waals surface area (Å²) < 4.78 is 26.6. The standard InChI is InChI=1S/C11H20N2O3S/c1-3-8-13(2)17(15,16)12-11(14)9-10-6-4-5-7-10/h4,6,10H,3,5,7-9H2,1-2H3,(H,12,14)/t10-/m1/s1. The van der Waals surface area contributed by atoms with E-state index in [0.717, 1.165) is 23.6 Å². The molecular formula is C11H20N2O3S. The summed E-state index contributed by atoms with van der Waals surface area (Å²) in [5.74, 6) is -0.244. The van der Waals surface area contributed by atoms with Crippen molar-refractivity contribution in [2.75, 3.05) is 13.6 Å². The fourth-order valence-electron chi connectivity index (χ4n) is 1.80. The van der Waals surface area contributed by atoms with E-state index >= 15 is 0 Å². The van der Waals surface area contributed by atoms with Gasteiger partial charge in [-0.1, -0.05) is 19.1 Å². The number of nitrogens with one attached hydrogen (secondary N) is 1. The van der Waals surface area contributed by atoms with Crippen LogP contribution in [0.25, 0.3) is 0 Å². The molecule has 0 heterocycles. The Bertz CT molecular complexity index is 390. The summed E-state index contributed by atoms with van der Waals surface area (Å²) in [5.41, 5.74) is 0. The van der Waals surface area contributed by atoms with Crippen molar-refractivity contribution in [3.05, 3.63) is 12.2 Å². The van der Waals surface area contributed by atoms with Gasteiger partial charge < -0.3 is 0 Å². The second-order valence-corrected chi connectivity index (χ2v) is 6.10. The highest BCUT2D eigenvalue weighted by Crippen LogP contribution is 2.20. The lowest BCUT2D eigenvalue weighted by Gasteiger charge is -2.17. The first-order chi connectivity index (χ1) is 7.95. The van der Waals surface area contributed by atoms with Crippen molar-refractivity contribution < 1.29 is 13.2 Å². The van der Waals surface area contributed by atoms with Crippen LogP contribution in [-0.4, -0.2) is 32.2 Å². The highest BCUT2D eigenvalue weighted by molar-refractivity contribution is 7.87. The fraction of sp³-hybridized carbons (Fsp3) is 0.727. The quantitative estimate of drug-likeness (QED) is 0.726. The first-order valence-corrected chi connectivity index (χ1v) is 7.33. The lowest BCUT2D eigenvalue weighted by molar-refractivity contribution is -0.120. The Hall–Kier alpha value is -0.880. The lowest BCUT2D eigenvalue weighted by atomic mass is 10.1. The molecule has 6 heteroatoms. The first kappa shape index (κ1) is 14.2. The second kappa shape index (κ2) is 6.16.